The predicted octanol–water partition coefficient (Wildman–Crippen LogP) is 3.90. The van der Waals surface area contributed by atoms with Crippen LogP contribution in [-0.4, -0.2) is 36.3 Å². The molecule has 0 bridgehead atoms. The first-order chi connectivity index (χ1) is 17.2. The van der Waals surface area contributed by atoms with E-state index in [4.69, 9.17) is 16.3 Å². The molecule has 6 N–H and O–H groups in total. The molecule has 0 aliphatic carbocycles. The highest BCUT2D eigenvalue weighted by molar-refractivity contribution is 5.62. The number of likely N-dealkylation sites (tertiary alicyclic amines) is 1. The molecule has 2 atom stereocenters. The number of ether oxygens (including phenoxy) is 1. The molecule has 2 saturated heterocycles. The van der Waals surface area contributed by atoms with Crippen molar-refractivity contribution < 1.29 is 14.2 Å². The molecule has 0 amide bonds. The number of benzene rings is 2. The Morgan fingerprint density at radius 1 is 1.33 bits per heavy atom. The van der Waals surface area contributed by atoms with Gasteiger partial charge in [0.1, 0.15) is 11.6 Å². The van der Waals surface area contributed by atoms with Gasteiger partial charge in [0.05, 0.1) is 24.9 Å². The first-order valence-corrected chi connectivity index (χ1v) is 12.1. The highest BCUT2D eigenvalue weighted by Gasteiger charge is 2.48. The monoisotopic (exact) mass is 493 g/mol. The van der Waals surface area contributed by atoms with Gasteiger partial charge in [-0.05, 0) is 55.2 Å². The summed E-state index contributed by atoms with van der Waals surface area (Å²) in [6, 6.07) is 12.1. The summed E-state index contributed by atoms with van der Waals surface area (Å²) in [4.78, 5) is 4.00. The smallest absolute Gasteiger partial charge is 0.139 e. The zero-order valence-corrected chi connectivity index (χ0v) is 20.8. The van der Waals surface area contributed by atoms with E-state index >= 15 is 0 Å². The Labute approximate surface area is 212 Å². The van der Waals surface area contributed by atoms with Crippen LogP contribution < -0.4 is 21.9 Å². The summed E-state index contributed by atoms with van der Waals surface area (Å²) in [6.07, 6.45) is 4.99. The normalized spacial score (nSPS) is 20.2. The summed E-state index contributed by atoms with van der Waals surface area (Å²) in [6.45, 7) is 12.8. The Hall–Kier alpha value is -3.33. The van der Waals surface area contributed by atoms with Gasteiger partial charge in [0, 0.05) is 48.2 Å². The minimum absolute atomic E-state index is 0.0316. The van der Waals surface area contributed by atoms with Gasteiger partial charge in [0.15, 0.2) is 0 Å². The number of anilines is 1. The van der Waals surface area contributed by atoms with Crippen molar-refractivity contribution in [3.05, 3.63) is 96.4 Å². The highest BCUT2D eigenvalue weighted by atomic mass is 19.1. The van der Waals surface area contributed by atoms with Gasteiger partial charge in [-0.15, -0.1) is 0 Å². The van der Waals surface area contributed by atoms with Crippen LogP contribution in [0, 0.1) is 17.2 Å². The fourth-order valence-electron chi connectivity index (χ4n) is 5.35. The molecule has 0 aromatic heterocycles. The lowest BCUT2D eigenvalue weighted by atomic mass is 9.70. The van der Waals surface area contributed by atoms with Crippen LogP contribution in [0.5, 0.6) is 5.75 Å². The van der Waals surface area contributed by atoms with Crippen LogP contribution >= 0.6 is 0 Å². The Balaban J connectivity index is 1.60. The standard InChI is InChI=1S/C28H36FN5O2/c1-4-33(15-19(2)30)25-10-5-21(12-27(25)35)11-23-13-28(17-36-18-28)16-34(20(23)3)26(14-32-31)22-6-8-24(29)9-7-22/h4-10,12,15,23,26,32,35H,1,3,11,13-14,16-18,30-31H2,2H3/b19-15-. The van der Waals surface area contributed by atoms with Crippen LogP contribution in [0.4, 0.5) is 10.1 Å². The van der Waals surface area contributed by atoms with E-state index in [2.05, 4.69) is 23.5 Å². The number of nitrogens with two attached hydrogens (primary N) is 2. The highest BCUT2D eigenvalue weighted by Crippen LogP contribution is 2.47. The van der Waals surface area contributed by atoms with Crippen molar-refractivity contribution in [1.82, 2.24) is 10.3 Å². The van der Waals surface area contributed by atoms with Crippen LogP contribution in [0.2, 0.25) is 0 Å². The lowest BCUT2D eigenvalue weighted by Crippen LogP contribution is -2.57. The molecule has 2 unspecified atom stereocenters. The van der Waals surface area contributed by atoms with E-state index in [9.17, 15) is 9.50 Å². The largest absolute Gasteiger partial charge is 0.506 e. The van der Waals surface area contributed by atoms with Crippen LogP contribution in [-0.2, 0) is 11.2 Å². The number of phenols is 1. The van der Waals surface area contributed by atoms with Crippen molar-refractivity contribution in [1.29, 1.82) is 0 Å². The van der Waals surface area contributed by atoms with Crippen molar-refractivity contribution in [3.63, 3.8) is 0 Å². The molecule has 36 heavy (non-hydrogen) atoms. The number of hydrogen-bond donors (Lipinski definition) is 4. The molecule has 2 aliphatic rings. The van der Waals surface area contributed by atoms with Gasteiger partial charge in [-0.2, -0.15) is 0 Å². The van der Waals surface area contributed by atoms with Crippen molar-refractivity contribution in [2.75, 3.05) is 31.2 Å². The SMILES string of the molecule is C=CN(/C=C(/C)N)c1ccc(CC2CC3(COC3)CN(C(CNN)c3ccc(F)cc3)C2=C)cc1O. The summed E-state index contributed by atoms with van der Waals surface area (Å²) < 4.78 is 19.3. The maximum absolute atomic E-state index is 13.6. The van der Waals surface area contributed by atoms with E-state index in [1.165, 1.54) is 12.1 Å². The quantitative estimate of drug-likeness (QED) is 0.311. The number of halogens is 1. The summed E-state index contributed by atoms with van der Waals surface area (Å²) in [5, 5.41) is 10.8. The van der Waals surface area contributed by atoms with Crippen LogP contribution in [0.1, 0.15) is 30.5 Å². The summed E-state index contributed by atoms with van der Waals surface area (Å²) >= 11 is 0. The number of rotatable bonds is 9. The van der Waals surface area contributed by atoms with E-state index in [0.29, 0.717) is 31.1 Å². The molecule has 0 radical (unpaired) electrons. The minimum atomic E-state index is -0.271. The molecule has 1 spiro atoms. The van der Waals surface area contributed by atoms with Gasteiger partial charge in [0.25, 0.3) is 0 Å². The molecule has 2 aromatic rings. The Morgan fingerprint density at radius 3 is 2.61 bits per heavy atom. The first-order valence-electron chi connectivity index (χ1n) is 12.1. The lowest BCUT2D eigenvalue weighted by molar-refractivity contribution is -0.150. The van der Waals surface area contributed by atoms with E-state index in [1.54, 1.807) is 42.4 Å². The minimum Gasteiger partial charge on any atom is -0.506 e. The van der Waals surface area contributed by atoms with Crippen LogP contribution in [0.3, 0.4) is 0 Å². The average molecular weight is 494 g/mol. The number of phenolic OH excluding ortho intramolecular Hbond substituents is 1. The number of allylic oxidation sites excluding steroid dienone is 2. The van der Waals surface area contributed by atoms with Gasteiger partial charge in [-0.3, -0.25) is 11.3 Å². The summed E-state index contributed by atoms with van der Waals surface area (Å²) in [5.74, 6) is 5.79. The topological polar surface area (TPSA) is 100 Å². The molecule has 2 fully saturated rings. The van der Waals surface area contributed by atoms with Gasteiger partial charge >= 0.3 is 0 Å². The molecule has 2 aliphatic heterocycles. The molecule has 8 heteroatoms. The lowest BCUT2D eigenvalue weighted by Gasteiger charge is -2.54. The van der Waals surface area contributed by atoms with Gasteiger partial charge in [-0.25, -0.2) is 4.39 Å². The molecule has 0 saturated carbocycles. The number of hydrazine groups is 1. The fourth-order valence-corrected chi connectivity index (χ4v) is 5.35. The van der Waals surface area contributed by atoms with Gasteiger partial charge in [-0.1, -0.05) is 31.4 Å². The number of nitrogens with one attached hydrogen (secondary N) is 1. The molecule has 2 aromatic carbocycles. The van der Waals surface area contributed by atoms with Crippen molar-refractivity contribution in [2.24, 2.45) is 22.9 Å². The van der Waals surface area contributed by atoms with Gasteiger partial charge in [0.2, 0.25) is 0 Å². The number of aromatic hydroxyl groups is 1. The second kappa shape index (κ2) is 10.7. The van der Waals surface area contributed by atoms with Crippen LogP contribution in [0.25, 0.3) is 0 Å². The summed E-state index contributed by atoms with van der Waals surface area (Å²) in [5.41, 5.74) is 12.8. The third-order valence-corrected chi connectivity index (χ3v) is 7.12. The third-order valence-electron chi connectivity index (χ3n) is 7.12. The van der Waals surface area contributed by atoms with E-state index in [1.807, 2.05) is 12.1 Å². The Bertz CT molecular complexity index is 1130. The number of hydrogen-bond acceptors (Lipinski definition) is 7. The van der Waals surface area contributed by atoms with Crippen molar-refractivity contribution in [3.8, 4) is 5.75 Å². The van der Waals surface area contributed by atoms with E-state index in [0.717, 1.165) is 36.2 Å². The van der Waals surface area contributed by atoms with Crippen molar-refractivity contribution >= 4 is 5.69 Å². The second-order valence-corrected chi connectivity index (χ2v) is 9.98. The van der Waals surface area contributed by atoms with Gasteiger partial charge < -0.3 is 25.4 Å². The second-order valence-electron chi connectivity index (χ2n) is 9.98. The molecule has 192 valence electrons. The average Bonchev–Trinajstić information content (AvgIpc) is 2.82. The number of piperidine rings is 1. The Kier molecular flexibility index (Phi) is 7.68. The first kappa shape index (κ1) is 25.8. The number of nitrogens with zero attached hydrogens (tertiary/aromatic N) is 2. The van der Waals surface area contributed by atoms with Crippen molar-refractivity contribution in [2.45, 2.75) is 25.8 Å². The third kappa shape index (κ3) is 5.41. The Morgan fingerprint density at radius 2 is 2.06 bits per heavy atom. The zero-order valence-electron chi connectivity index (χ0n) is 20.8. The van der Waals surface area contributed by atoms with Crippen LogP contribution in [0.15, 0.2) is 79.4 Å². The summed E-state index contributed by atoms with van der Waals surface area (Å²) in [7, 11) is 0. The molecule has 2 heterocycles. The maximum atomic E-state index is 13.6. The van der Waals surface area contributed by atoms with E-state index < -0.39 is 0 Å². The molecular formula is C28H36FN5O2. The maximum Gasteiger partial charge on any atom is 0.139 e. The molecular weight excluding hydrogens is 457 g/mol. The predicted molar refractivity (Wildman–Crippen MR) is 141 cm³/mol. The van der Waals surface area contributed by atoms with E-state index in [-0.39, 0.29) is 28.9 Å². The molecule has 4 rings (SSSR count). The zero-order chi connectivity index (χ0) is 25.9. The molecule has 7 nitrogen and oxygen atoms in total. The fraction of sp³-hybridized carbons (Fsp3) is 0.357.